The van der Waals surface area contributed by atoms with E-state index in [9.17, 15) is 9.59 Å². The van der Waals surface area contributed by atoms with Gasteiger partial charge in [-0.25, -0.2) is 4.79 Å². The van der Waals surface area contributed by atoms with Gasteiger partial charge in [-0.1, -0.05) is 42.0 Å². The van der Waals surface area contributed by atoms with Crippen LogP contribution in [0.15, 0.2) is 48.5 Å². The van der Waals surface area contributed by atoms with E-state index >= 15 is 0 Å². The minimum absolute atomic E-state index is 0.292. The first kappa shape index (κ1) is 20.3. The van der Waals surface area contributed by atoms with Gasteiger partial charge in [-0.3, -0.25) is 9.48 Å². The fourth-order valence-electron chi connectivity index (χ4n) is 3.10. The van der Waals surface area contributed by atoms with Crippen LogP contribution in [0.25, 0.3) is 0 Å². The first-order valence-electron chi connectivity index (χ1n) is 9.33. The Balaban J connectivity index is 1.69. The van der Waals surface area contributed by atoms with Gasteiger partial charge in [-0.15, -0.1) is 0 Å². The van der Waals surface area contributed by atoms with Crippen molar-refractivity contribution in [2.24, 2.45) is 0 Å². The van der Waals surface area contributed by atoms with Crippen molar-refractivity contribution in [2.45, 2.75) is 27.3 Å². The number of hydrogen-bond acceptors (Lipinski definition) is 5. The summed E-state index contributed by atoms with van der Waals surface area (Å²) in [5, 5.41) is 4.47. The van der Waals surface area contributed by atoms with Crippen LogP contribution in [-0.4, -0.2) is 35.2 Å². The lowest BCUT2D eigenvalue weighted by Crippen LogP contribution is -2.15. The highest BCUT2D eigenvalue weighted by Crippen LogP contribution is 2.17. The van der Waals surface area contributed by atoms with E-state index in [1.807, 2.05) is 38.1 Å². The topological polar surface area (TPSA) is 70.4 Å². The second-order valence-electron chi connectivity index (χ2n) is 6.92. The van der Waals surface area contributed by atoms with Gasteiger partial charge in [0.1, 0.15) is 11.3 Å². The predicted octanol–water partition coefficient (Wildman–Crippen LogP) is 3.90. The van der Waals surface area contributed by atoms with Gasteiger partial charge >= 0.3 is 5.97 Å². The van der Waals surface area contributed by atoms with Gasteiger partial charge in [0.25, 0.3) is 0 Å². The second-order valence-corrected chi connectivity index (χ2v) is 6.92. The van der Waals surface area contributed by atoms with Crippen molar-refractivity contribution >= 4 is 11.8 Å². The monoisotopic (exact) mass is 392 g/mol. The van der Waals surface area contributed by atoms with Crippen LogP contribution in [0, 0.1) is 20.8 Å². The summed E-state index contributed by atoms with van der Waals surface area (Å²) in [7, 11) is 1.53. The standard InChI is InChI=1S/C23H24N2O4/c1-15-8-10-18(11-9-15)13-25-17(3)22(16(2)24-25)23(27)29-14-21(26)19-6-5-7-20(12-19)28-4/h5-12H,13-14H2,1-4H3. The number of esters is 1. The Morgan fingerprint density at radius 3 is 2.45 bits per heavy atom. The van der Waals surface area contributed by atoms with Crippen LogP contribution in [-0.2, 0) is 11.3 Å². The lowest BCUT2D eigenvalue weighted by atomic mass is 10.1. The smallest absolute Gasteiger partial charge is 0.342 e. The number of benzene rings is 2. The zero-order valence-corrected chi connectivity index (χ0v) is 17.1. The van der Waals surface area contributed by atoms with E-state index in [2.05, 4.69) is 5.10 Å². The van der Waals surface area contributed by atoms with E-state index in [1.54, 1.807) is 35.9 Å². The fourth-order valence-corrected chi connectivity index (χ4v) is 3.10. The molecule has 0 saturated heterocycles. The molecule has 1 aromatic heterocycles. The SMILES string of the molecule is COc1cccc(C(=O)COC(=O)c2c(C)nn(Cc3ccc(C)cc3)c2C)c1. The highest BCUT2D eigenvalue weighted by atomic mass is 16.5. The van der Waals surface area contributed by atoms with Crippen LogP contribution in [0.4, 0.5) is 0 Å². The molecule has 150 valence electrons. The molecule has 6 nitrogen and oxygen atoms in total. The summed E-state index contributed by atoms with van der Waals surface area (Å²) in [6.07, 6.45) is 0. The summed E-state index contributed by atoms with van der Waals surface area (Å²) in [4.78, 5) is 24.9. The number of methoxy groups -OCH3 is 1. The van der Waals surface area contributed by atoms with Gasteiger partial charge in [0.2, 0.25) is 0 Å². The molecule has 6 heteroatoms. The van der Waals surface area contributed by atoms with Gasteiger partial charge in [0, 0.05) is 5.56 Å². The molecular formula is C23H24N2O4. The molecule has 3 aromatic rings. The van der Waals surface area contributed by atoms with Crippen molar-refractivity contribution in [3.05, 3.63) is 82.2 Å². The van der Waals surface area contributed by atoms with Crippen LogP contribution >= 0.6 is 0 Å². The highest BCUT2D eigenvalue weighted by molar-refractivity contribution is 6.00. The molecule has 3 rings (SSSR count). The summed E-state index contributed by atoms with van der Waals surface area (Å²) in [6, 6.07) is 14.9. The average molecular weight is 392 g/mol. The van der Waals surface area contributed by atoms with E-state index in [0.29, 0.717) is 34.8 Å². The number of aromatic nitrogens is 2. The Labute approximate surface area is 170 Å². The summed E-state index contributed by atoms with van der Waals surface area (Å²) < 4.78 is 12.2. The molecule has 0 spiro atoms. The Bertz CT molecular complexity index is 1040. The normalized spacial score (nSPS) is 10.6. The van der Waals surface area contributed by atoms with Crippen molar-refractivity contribution in [1.82, 2.24) is 9.78 Å². The summed E-state index contributed by atoms with van der Waals surface area (Å²) in [6.45, 7) is 5.85. The van der Waals surface area contributed by atoms with Crippen molar-refractivity contribution in [3.8, 4) is 5.75 Å². The predicted molar refractivity (Wildman–Crippen MR) is 110 cm³/mol. The van der Waals surface area contributed by atoms with Crippen molar-refractivity contribution < 1.29 is 19.1 Å². The molecule has 0 atom stereocenters. The van der Waals surface area contributed by atoms with Crippen LogP contribution in [0.2, 0.25) is 0 Å². The number of rotatable bonds is 7. The zero-order chi connectivity index (χ0) is 21.0. The quantitative estimate of drug-likeness (QED) is 0.450. The third kappa shape index (κ3) is 4.71. The first-order chi connectivity index (χ1) is 13.9. The van der Waals surface area contributed by atoms with E-state index in [1.165, 1.54) is 12.7 Å². The molecule has 0 saturated carbocycles. The summed E-state index contributed by atoms with van der Waals surface area (Å²) in [5.41, 5.74) is 4.40. The van der Waals surface area contributed by atoms with Gasteiger partial charge in [0.05, 0.1) is 25.0 Å². The number of aryl methyl sites for hydroxylation is 2. The van der Waals surface area contributed by atoms with Crippen LogP contribution < -0.4 is 4.74 Å². The molecule has 0 fully saturated rings. The maximum absolute atomic E-state index is 12.6. The van der Waals surface area contributed by atoms with E-state index < -0.39 is 5.97 Å². The molecule has 0 unspecified atom stereocenters. The Kier molecular flexibility index (Phi) is 6.12. The number of ether oxygens (including phenoxy) is 2. The molecule has 0 amide bonds. The summed E-state index contributed by atoms with van der Waals surface area (Å²) >= 11 is 0. The fraction of sp³-hybridized carbons (Fsp3) is 0.261. The van der Waals surface area contributed by atoms with Crippen molar-refractivity contribution in [1.29, 1.82) is 0 Å². The third-order valence-electron chi connectivity index (χ3n) is 4.76. The van der Waals surface area contributed by atoms with E-state index in [4.69, 9.17) is 9.47 Å². The molecule has 2 aromatic carbocycles. The lowest BCUT2D eigenvalue weighted by molar-refractivity contribution is 0.0473. The largest absolute Gasteiger partial charge is 0.497 e. The second kappa shape index (κ2) is 8.73. The molecule has 0 radical (unpaired) electrons. The Hall–Kier alpha value is -3.41. The van der Waals surface area contributed by atoms with Crippen LogP contribution in [0.1, 0.15) is 43.2 Å². The van der Waals surface area contributed by atoms with Gasteiger partial charge in [-0.2, -0.15) is 5.10 Å². The molecule has 0 aliphatic heterocycles. The van der Waals surface area contributed by atoms with Crippen LogP contribution in [0.3, 0.4) is 0 Å². The Morgan fingerprint density at radius 2 is 1.76 bits per heavy atom. The highest BCUT2D eigenvalue weighted by Gasteiger charge is 2.21. The van der Waals surface area contributed by atoms with Gasteiger partial charge in [-0.05, 0) is 38.5 Å². The number of hydrogen-bond donors (Lipinski definition) is 0. The maximum Gasteiger partial charge on any atom is 0.342 e. The molecule has 1 heterocycles. The average Bonchev–Trinajstić information content (AvgIpc) is 3.00. The first-order valence-corrected chi connectivity index (χ1v) is 9.33. The maximum atomic E-state index is 12.6. The number of Topliss-reactive ketones (excluding diaryl/α,β-unsaturated/α-hetero) is 1. The number of carbonyl (C=O) groups is 2. The molecule has 29 heavy (non-hydrogen) atoms. The van der Waals surface area contributed by atoms with E-state index in [0.717, 1.165) is 5.56 Å². The molecule has 0 aliphatic rings. The minimum Gasteiger partial charge on any atom is -0.497 e. The third-order valence-corrected chi connectivity index (χ3v) is 4.76. The molecule has 0 N–H and O–H groups in total. The lowest BCUT2D eigenvalue weighted by Gasteiger charge is -2.07. The van der Waals surface area contributed by atoms with Crippen molar-refractivity contribution in [2.75, 3.05) is 13.7 Å². The zero-order valence-electron chi connectivity index (χ0n) is 17.1. The minimum atomic E-state index is -0.550. The number of nitrogens with zero attached hydrogens (tertiary/aromatic N) is 2. The van der Waals surface area contributed by atoms with Crippen molar-refractivity contribution in [3.63, 3.8) is 0 Å². The molecule has 0 aliphatic carbocycles. The van der Waals surface area contributed by atoms with Gasteiger partial charge in [0.15, 0.2) is 12.4 Å². The Morgan fingerprint density at radius 1 is 1.03 bits per heavy atom. The van der Waals surface area contributed by atoms with Gasteiger partial charge < -0.3 is 9.47 Å². The van der Waals surface area contributed by atoms with Crippen LogP contribution in [0.5, 0.6) is 5.75 Å². The number of ketones is 1. The molecular weight excluding hydrogens is 368 g/mol. The molecule has 0 bridgehead atoms. The summed E-state index contributed by atoms with van der Waals surface area (Å²) in [5.74, 6) is -0.266. The number of carbonyl (C=O) groups excluding carboxylic acids is 2. The van der Waals surface area contributed by atoms with E-state index in [-0.39, 0.29) is 12.4 Å².